The summed E-state index contributed by atoms with van der Waals surface area (Å²) >= 11 is 0. The van der Waals surface area contributed by atoms with Crippen molar-refractivity contribution in [2.45, 2.75) is 91.0 Å². The van der Waals surface area contributed by atoms with E-state index < -0.39 is 6.29 Å². The van der Waals surface area contributed by atoms with Crippen molar-refractivity contribution in [3.63, 3.8) is 0 Å². The Hall–Kier alpha value is -0.0800. The third kappa shape index (κ3) is 3.45. The lowest BCUT2D eigenvalue weighted by atomic mass is 9.81. The van der Waals surface area contributed by atoms with Gasteiger partial charge in [-0.2, -0.15) is 0 Å². The minimum Gasteiger partial charge on any atom is -0.367 e. The smallest absolute Gasteiger partial charge is 0.160 e. The van der Waals surface area contributed by atoms with Crippen LogP contribution in [0.2, 0.25) is 0 Å². The number of aliphatic hydroxyl groups is 1. The summed E-state index contributed by atoms with van der Waals surface area (Å²) in [6.07, 6.45) is 8.25. The fourth-order valence-corrected chi connectivity index (χ4v) is 3.00. The molecule has 17 heavy (non-hydrogen) atoms. The van der Waals surface area contributed by atoms with Gasteiger partial charge in [-0.25, -0.2) is 0 Å². The van der Waals surface area contributed by atoms with Crippen LogP contribution in [0.25, 0.3) is 0 Å². The van der Waals surface area contributed by atoms with Gasteiger partial charge in [-0.3, -0.25) is 0 Å². The Morgan fingerprint density at radius 3 is 2.24 bits per heavy atom. The van der Waals surface area contributed by atoms with Crippen LogP contribution in [0.15, 0.2) is 0 Å². The molecule has 0 heterocycles. The molecular weight excluding hydrogens is 212 g/mol. The van der Waals surface area contributed by atoms with E-state index in [0.717, 1.165) is 38.5 Å². The molecule has 0 aliphatic heterocycles. The lowest BCUT2D eigenvalue weighted by Gasteiger charge is -2.39. The highest BCUT2D eigenvalue weighted by atomic mass is 16.6. The van der Waals surface area contributed by atoms with Crippen LogP contribution in [0.3, 0.4) is 0 Å². The average Bonchev–Trinajstić information content (AvgIpc) is 2.78. The number of hydrogen-bond donors (Lipinski definition) is 1. The van der Waals surface area contributed by atoms with Crippen LogP contribution in [0.5, 0.6) is 0 Å². The summed E-state index contributed by atoms with van der Waals surface area (Å²) < 4.78 is 6.11. The molecule has 1 aliphatic rings. The third-order valence-electron chi connectivity index (χ3n) is 4.75. The molecule has 2 heteroatoms. The first-order valence-corrected chi connectivity index (χ1v) is 7.38. The van der Waals surface area contributed by atoms with E-state index in [2.05, 4.69) is 27.7 Å². The first-order valence-electron chi connectivity index (χ1n) is 7.38. The second kappa shape index (κ2) is 6.19. The molecule has 1 aliphatic carbocycles. The van der Waals surface area contributed by atoms with Crippen LogP contribution in [0.4, 0.5) is 0 Å². The van der Waals surface area contributed by atoms with Crippen molar-refractivity contribution < 1.29 is 9.84 Å². The van der Waals surface area contributed by atoms with Gasteiger partial charge in [0.25, 0.3) is 0 Å². The van der Waals surface area contributed by atoms with Gasteiger partial charge >= 0.3 is 0 Å². The van der Waals surface area contributed by atoms with E-state index in [0.29, 0.717) is 0 Å². The normalized spacial score (nSPS) is 24.5. The molecule has 0 radical (unpaired) electrons. The standard InChI is InChI=1S/C15H30O2/c1-5-10-14(4,6-2)13(16)17-15(7-3)11-8-9-12-15/h13,16H,5-12H2,1-4H3. The van der Waals surface area contributed by atoms with E-state index in [4.69, 9.17) is 4.74 Å². The molecule has 2 nitrogen and oxygen atoms in total. The predicted octanol–water partition coefficient (Wildman–Crippen LogP) is 4.26. The highest BCUT2D eigenvalue weighted by Crippen LogP contribution is 2.41. The van der Waals surface area contributed by atoms with E-state index in [1.807, 2.05) is 0 Å². The minimum atomic E-state index is -0.606. The molecule has 2 unspecified atom stereocenters. The minimum absolute atomic E-state index is 0.0381. The molecule has 1 rings (SSSR count). The maximum atomic E-state index is 10.4. The molecule has 0 aromatic heterocycles. The van der Waals surface area contributed by atoms with E-state index in [1.165, 1.54) is 12.8 Å². The fourth-order valence-electron chi connectivity index (χ4n) is 3.00. The Kier molecular flexibility index (Phi) is 5.46. The Bertz CT molecular complexity index is 221. The van der Waals surface area contributed by atoms with Crippen molar-refractivity contribution in [1.29, 1.82) is 0 Å². The maximum Gasteiger partial charge on any atom is 0.160 e. The Balaban J connectivity index is 2.65. The molecule has 102 valence electrons. The Morgan fingerprint density at radius 1 is 1.24 bits per heavy atom. The van der Waals surface area contributed by atoms with Gasteiger partial charge in [-0.1, -0.05) is 47.0 Å². The zero-order chi connectivity index (χ0) is 12.9. The topological polar surface area (TPSA) is 29.5 Å². The summed E-state index contributed by atoms with van der Waals surface area (Å²) in [5.74, 6) is 0. The zero-order valence-electron chi connectivity index (χ0n) is 12.1. The summed E-state index contributed by atoms with van der Waals surface area (Å²) in [5, 5.41) is 10.4. The number of rotatable bonds is 7. The highest BCUT2D eigenvalue weighted by molar-refractivity contribution is 4.87. The zero-order valence-corrected chi connectivity index (χ0v) is 12.1. The Morgan fingerprint density at radius 2 is 1.82 bits per heavy atom. The monoisotopic (exact) mass is 242 g/mol. The lowest BCUT2D eigenvalue weighted by Crippen LogP contribution is -2.42. The van der Waals surface area contributed by atoms with Crippen LogP contribution in [-0.4, -0.2) is 17.0 Å². The quantitative estimate of drug-likeness (QED) is 0.676. The molecular formula is C15H30O2. The predicted molar refractivity (Wildman–Crippen MR) is 71.9 cm³/mol. The summed E-state index contributed by atoms with van der Waals surface area (Å²) in [6.45, 7) is 8.65. The Labute approximate surface area is 107 Å². The van der Waals surface area contributed by atoms with Crippen molar-refractivity contribution in [1.82, 2.24) is 0 Å². The second-order valence-electron chi connectivity index (χ2n) is 5.97. The number of aliphatic hydroxyl groups excluding tert-OH is 1. The van der Waals surface area contributed by atoms with Crippen molar-refractivity contribution >= 4 is 0 Å². The van der Waals surface area contributed by atoms with Crippen LogP contribution >= 0.6 is 0 Å². The third-order valence-corrected chi connectivity index (χ3v) is 4.75. The molecule has 1 fully saturated rings. The fraction of sp³-hybridized carbons (Fsp3) is 1.00. The van der Waals surface area contributed by atoms with Gasteiger partial charge in [0.15, 0.2) is 6.29 Å². The van der Waals surface area contributed by atoms with Crippen molar-refractivity contribution in [3.05, 3.63) is 0 Å². The van der Waals surface area contributed by atoms with Crippen LogP contribution in [-0.2, 0) is 4.74 Å². The van der Waals surface area contributed by atoms with Gasteiger partial charge in [-0.05, 0) is 32.1 Å². The molecule has 1 N–H and O–H groups in total. The molecule has 0 bridgehead atoms. The summed E-state index contributed by atoms with van der Waals surface area (Å²) in [7, 11) is 0. The molecule has 0 amide bonds. The highest BCUT2D eigenvalue weighted by Gasteiger charge is 2.40. The van der Waals surface area contributed by atoms with E-state index in [-0.39, 0.29) is 11.0 Å². The second-order valence-corrected chi connectivity index (χ2v) is 5.97. The summed E-state index contributed by atoms with van der Waals surface area (Å²) in [4.78, 5) is 0. The molecule has 0 aromatic carbocycles. The van der Waals surface area contributed by atoms with Crippen molar-refractivity contribution in [3.8, 4) is 0 Å². The first-order chi connectivity index (χ1) is 8.02. The van der Waals surface area contributed by atoms with Gasteiger partial charge in [0.2, 0.25) is 0 Å². The first kappa shape index (κ1) is 15.0. The molecule has 0 spiro atoms. The van der Waals surface area contributed by atoms with Gasteiger partial charge in [0.1, 0.15) is 0 Å². The SMILES string of the molecule is CCCC(C)(CC)C(O)OC1(CC)CCCC1. The van der Waals surface area contributed by atoms with Gasteiger partial charge in [0, 0.05) is 5.41 Å². The van der Waals surface area contributed by atoms with Crippen molar-refractivity contribution in [2.75, 3.05) is 0 Å². The van der Waals surface area contributed by atoms with Crippen LogP contribution < -0.4 is 0 Å². The van der Waals surface area contributed by atoms with Crippen LogP contribution in [0, 0.1) is 5.41 Å². The number of ether oxygens (including phenoxy) is 1. The molecule has 1 saturated carbocycles. The average molecular weight is 242 g/mol. The van der Waals surface area contributed by atoms with E-state index in [9.17, 15) is 5.11 Å². The maximum absolute atomic E-state index is 10.4. The largest absolute Gasteiger partial charge is 0.367 e. The number of hydrogen-bond acceptors (Lipinski definition) is 2. The molecule has 2 atom stereocenters. The van der Waals surface area contributed by atoms with Gasteiger partial charge in [-0.15, -0.1) is 0 Å². The summed E-state index contributed by atoms with van der Waals surface area (Å²) in [5.41, 5.74) is -0.122. The van der Waals surface area contributed by atoms with Gasteiger partial charge < -0.3 is 9.84 Å². The molecule has 0 saturated heterocycles. The van der Waals surface area contributed by atoms with Crippen molar-refractivity contribution in [2.24, 2.45) is 5.41 Å². The van der Waals surface area contributed by atoms with Gasteiger partial charge in [0.05, 0.1) is 5.60 Å². The lowest BCUT2D eigenvalue weighted by molar-refractivity contribution is -0.236. The van der Waals surface area contributed by atoms with Crippen LogP contribution in [0.1, 0.15) is 79.1 Å². The molecule has 0 aromatic rings. The van der Waals surface area contributed by atoms with E-state index in [1.54, 1.807) is 0 Å². The van der Waals surface area contributed by atoms with E-state index >= 15 is 0 Å². The summed E-state index contributed by atoms with van der Waals surface area (Å²) in [6, 6.07) is 0.